The third-order valence-electron chi connectivity index (χ3n) is 4.54. The first-order valence-electron chi connectivity index (χ1n) is 9.09. The van der Waals surface area contributed by atoms with Crippen molar-refractivity contribution < 1.29 is 14.3 Å². The van der Waals surface area contributed by atoms with E-state index in [1.54, 1.807) is 11.8 Å². The van der Waals surface area contributed by atoms with Gasteiger partial charge in [0, 0.05) is 6.54 Å². The highest BCUT2D eigenvalue weighted by atomic mass is 32.2. The van der Waals surface area contributed by atoms with Gasteiger partial charge in [-0.15, -0.1) is 0 Å². The van der Waals surface area contributed by atoms with Gasteiger partial charge in [0.15, 0.2) is 11.5 Å². The predicted octanol–water partition coefficient (Wildman–Crippen LogP) is 3.59. The maximum atomic E-state index is 12.5. The highest BCUT2D eigenvalue weighted by molar-refractivity contribution is 7.98. The van der Waals surface area contributed by atoms with Crippen LogP contribution in [0.2, 0.25) is 0 Å². The summed E-state index contributed by atoms with van der Waals surface area (Å²) < 4.78 is 10.7. The molecule has 0 aliphatic carbocycles. The smallest absolute Gasteiger partial charge is 0.315 e. The average molecular weight is 398 g/mol. The van der Waals surface area contributed by atoms with Crippen LogP contribution in [0.15, 0.2) is 42.5 Å². The maximum Gasteiger partial charge on any atom is 0.315 e. The van der Waals surface area contributed by atoms with Crippen LogP contribution in [0.1, 0.15) is 23.9 Å². The molecular weight excluding hydrogens is 376 g/mol. The minimum absolute atomic E-state index is 0.184. The number of imidazole rings is 1. The Balaban J connectivity index is 1.40. The van der Waals surface area contributed by atoms with E-state index in [2.05, 4.69) is 26.9 Å². The summed E-state index contributed by atoms with van der Waals surface area (Å²) in [7, 11) is 0. The summed E-state index contributed by atoms with van der Waals surface area (Å²) in [6.07, 6.45) is 2.84. The van der Waals surface area contributed by atoms with Crippen molar-refractivity contribution in [2.45, 2.75) is 19.0 Å². The molecule has 28 heavy (non-hydrogen) atoms. The summed E-state index contributed by atoms with van der Waals surface area (Å²) in [5.41, 5.74) is 2.81. The molecule has 8 heteroatoms. The normalized spacial score (nSPS) is 13.5. The summed E-state index contributed by atoms with van der Waals surface area (Å²) in [6, 6.07) is 13.1. The number of carbonyl (C=O) groups excluding carboxylic acids is 1. The lowest BCUT2D eigenvalue weighted by atomic mass is 10.2. The van der Waals surface area contributed by atoms with Crippen LogP contribution in [0, 0.1) is 0 Å². The number of nitrogens with one attached hydrogen (secondary N) is 3. The van der Waals surface area contributed by atoms with Gasteiger partial charge in [0.2, 0.25) is 6.79 Å². The number of aromatic amines is 1. The van der Waals surface area contributed by atoms with Crippen LogP contribution in [0.5, 0.6) is 11.5 Å². The third kappa shape index (κ3) is 4.17. The molecule has 146 valence electrons. The Morgan fingerprint density at radius 2 is 2.11 bits per heavy atom. The van der Waals surface area contributed by atoms with Crippen LogP contribution < -0.4 is 20.1 Å². The van der Waals surface area contributed by atoms with Gasteiger partial charge in [0.1, 0.15) is 5.82 Å². The summed E-state index contributed by atoms with van der Waals surface area (Å²) in [6.45, 7) is 0.638. The van der Waals surface area contributed by atoms with Crippen LogP contribution in [0.4, 0.5) is 4.79 Å². The molecule has 0 fully saturated rings. The number of urea groups is 1. The largest absolute Gasteiger partial charge is 0.454 e. The highest BCUT2D eigenvalue weighted by Crippen LogP contribution is 2.32. The van der Waals surface area contributed by atoms with Gasteiger partial charge >= 0.3 is 6.03 Å². The fourth-order valence-electron chi connectivity index (χ4n) is 3.09. The Kier molecular flexibility index (Phi) is 5.57. The van der Waals surface area contributed by atoms with Crippen molar-refractivity contribution in [2.24, 2.45) is 0 Å². The molecule has 1 aliphatic heterocycles. The zero-order valence-electron chi connectivity index (χ0n) is 15.5. The number of amides is 2. The van der Waals surface area contributed by atoms with Crippen LogP contribution in [-0.2, 0) is 6.54 Å². The molecule has 1 aromatic heterocycles. The van der Waals surface area contributed by atoms with Gasteiger partial charge < -0.3 is 25.1 Å². The Bertz CT molecular complexity index is 942. The van der Waals surface area contributed by atoms with Crippen molar-refractivity contribution in [3.8, 4) is 11.5 Å². The number of thioether (sulfide) groups is 1. The molecule has 7 nitrogen and oxygen atoms in total. The second-order valence-corrected chi connectivity index (χ2v) is 7.47. The molecular formula is C20H22N4O3S. The van der Waals surface area contributed by atoms with Gasteiger partial charge in [-0.2, -0.15) is 11.8 Å². The van der Waals surface area contributed by atoms with Gasteiger partial charge in [0.25, 0.3) is 0 Å². The van der Waals surface area contributed by atoms with Gasteiger partial charge in [0.05, 0.1) is 17.1 Å². The molecule has 3 aromatic rings. The molecule has 1 unspecified atom stereocenters. The van der Waals surface area contributed by atoms with E-state index in [0.29, 0.717) is 12.3 Å². The lowest BCUT2D eigenvalue weighted by molar-refractivity contribution is 0.174. The van der Waals surface area contributed by atoms with Crippen LogP contribution in [-0.4, -0.2) is 34.8 Å². The minimum atomic E-state index is -0.232. The number of nitrogens with zero attached hydrogens (tertiary/aromatic N) is 1. The number of hydrogen-bond donors (Lipinski definition) is 3. The first-order chi connectivity index (χ1) is 13.7. The Morgan fingerprint density at radius 3 is 2.96 bits per heavy atom. The predicted molar refractivity (Wildman–Crippen MR) is 110 cm³/mol. The van der Waals surface area contributed by atoms with Crippen molar-refractivity contribution in [1.29, 1.82) is 0 Å². The quantitative estimate of drug-likeness (QED) is 0.566. The lowest BCUT2D eigenvalue weighted by Gasteiger charge is -2.17. The van der Waals surface area contributed by atoms with Gasteiger partial charge in [-0.3, -0.25) is 0 Å². The Morgan fingerprint density at radius 1 is 1.25 bits per heavy atom. The lowest BCUT2D eigenvalue weighted by Crippen LogP contribution is -2.38. The fraction of sp³-hybridized carbons (Fsp3) is 0.300. The second-order valence-electron chi connectivity index (χ2n) is 6.49. The molecule has 0 spiro atoms. The number of rotatable bonds is 7. The molecule has 1 aliphatic rings. The zero-order chi connectivity index (χ0) is 19.3. The number of aromatic nitrogens is 2. The standard InChI is InChI=1S/C20H22N4O3S/c1-28-9-8-16(19-22-14-4-2-3-5-15(14)23-19)24-20(25)21-11-13-6-7-17-18(10-13)27-12-26-17/h2-7,10,16H,8-9,11-12H2,1H3,(H,22,23)(H2,21,24,25). The molecule has 0 saturated heterocycles. The average Bonchev–Trinajstić information content (AvgIpc) is 3.35. The summed E-state index contributed by atoms with van der Waals surface area (Å²) in [5.74, 6) is 3.13. The molecule has 0 bridgehead atoms. The number of ether oxygens (including phenoxy) is 2. The second kappa shape index (κ2) is 8.43. The van der Waals surface area contributed by atoms with Gasteiger partial charge in [-0.25, -0.2) is 9.78 Å². The Labute approximate surface area is 167 Å². The van der Waals surface area contributed by atoms with E-state index in [1.165, 1.54) is 0 Å². The van der Waals surface area contributed by atoms with E-state index in [0.717, 1.165) is 40.3 Å². The monoisotopic (exact) mass is 398 g/mol. The van der Waals surface area contributed by atoms with E-state index in [1.807, 2.05) is 42.5 Å². The SMILES string of the molecule is CSCCC(NC(=O)NCc1ccc2c(c1)OCO2)c1nc2ccccc2[nH]1. The van der Waals surface area contributed by atoms with Crippen molar-refractivity contribution in [1.82, 2.24) is 20.6 Å². The van der Waals surface area contributed by atoms with E-state index in [9.17, 15) is 4.79 Å². The molecule has 4 rings (SSSR count). The molecule has 0 radical (unpaired) electrons. The number of benzene rings is 2. The van der Waals surface area contributed by atoms with E-state index >= 15 is 0 Å². The molecule has 1 atom stereocenters. The molecule has 2 amide bonds. The van der Waals surface area contributed by atoms with Crippen LogP contribution >= 0.6 is 11.8 Å². The molecule has 0 saturated carbocycles. The third-order valence-corrected chi connectivity index (χ3v) is 5.19. The minimum Gasteiger partial charge on any atom is -0.454 e. The molecule has 3 N–H and O–H groups in total. The number of fused-ring (bicyclic) bond motifs is 2. The number of H-pyrrole nitrogens is 1. The first kappa shape index (κ1) is 18.5. The maximum absolute atomic E-state index is 12.5. The van der Waals surface area contributed by atoms with E-state index in [-0.39, 0.29) is 18.9 Å². The van der Waals surface area contributed by atoms with Gasteiger partial charge in [-0.1, -0.05) is 18.2 Å². The number of para-hydroxylation sites is 2. The van der Waals surface area contributed by atoms with Crippen LogP contribution in [0.3, 0.4) is 0 Å². The van der Waals surface area contributed by atoms with Crippen molar-refractivity contribution in [3.05, 3.63) is 53.9 Å². The molecule has 2 heterocycles. The molecule has 2 aromatic carbocycles. The summed E-state index contributed by atoms with van der Waals surface area (Å²) in [4.78, 5) is 20.4. The number of carbonyl (C=O) groups is 1. The van der Waals surface area contributed by atoms with Gasteiger partial charge in [-0.05, 0) is 48.3 Å². The fourth-order valence-corrected chi connectivity index (χ4v) is 3.56. The van der Waals surface area contributed by atoms with Crippen molar-refractivity contribution in [3.63, 3.8) is 0 Å². The topological polar surface area (TPSA) is 88.3 Å². The van der Waals surface area contributed by atoms with Crippen molar-refractivity contribution in [2.75, 3.05) is 18.8 Å². The Hall–Kier alpha value is -2.87. The van der Waals surface area contributed by atoms with Crippen molar-refractivity contribution >= 4 is 28.8 Å². The van der Waals surface area contributed by atoms with Crippen LogP contribution in [0.25, 0.3) is 11.0 Å². The summed E-state index contributed by atoms with van der Waals surface area (Å²) >= 11 is 1.74. The van der Waals surface area contributed by atoms with E-state index in [4.69, 9.17) is 9.47 Å². The number of hydrogen-bond acceptors (Lipinski definition) is 5. The first-order valence-corrected chi connectivity index (χ1v) is 10.5. The highest BCUT2D eigenvalue weighted by Gasteiger charge is 2.18. The zero-order valence-corrected chi connectivity index (χ0v) is 16.3. The summed E-state index contributed by atoms with van der Waals surface area (Å²) in [5, 5.41) is 5.94. The van der Waals surface area contributed by atoms with E-state index < -0.39 is 0 Å².